The summed E-state index contributed by atoms with van der Waals surface area (Å²) in [6.07, 6.45) is 1.42. The number of carboxylic acid groups (broad SMARTS) is 1. The van der Waals surface area contributed by atoms with E-state index in [2.05, 4.69) is 4.98 Å². The summed E-state index contributed by atoms with van der Waals surface area (Å²) in [6.45, 7) is -0.0795. The van der Waals surface area contributed by atoms with Crippen LogP contribution in [0.4, 0.5) is 5.69 Å². The number of hydrogen-bond donors (Lipinski definition) is 1. The van der Waals surface area contributed by atoms with Crippen molar-refractivity contribution in [1.82, 2.24) is 4.98 Å². The number of rotatable bonds is 5. The minimum atomic E-state index is -1.29. The van der Waals surface area contributed by atoms with Crippen LogP contribution in [0.5, 0.6) is 5.88 Å². The number of carbonyl (C=O) groups is 1. The first-order chi connectivity index (χ1) is 9.08. The Balaban J connectivity index is 2.27. The van der Waals surface area contributed by atoms with Gasteiger partial charge in [-0.15, -0.1) is 0 Å². The molecule has 0 fully saturated rings. The van der Waals surface area contributed by atoms with Crippen molar-refractivity contribution in [3.8, 4) is 5.88 Å². The zero-order valence-electron chi connectivity index (χ0n) is 9.48. The first-order valence-corrected chi connectivity index (χ1v) is 5.12. The summed E-state index contributed by atoms with van der Waals surface area (Å²) in [7, 11) is 0. The Morgan fingerprint density at radius 3 is 2.84 bits per heavy atom. The van der Waals surface area contributed by atoms with Crippen molar-refractivity contribution in [1.29, 1.82) is 0 Å². The third-order valence-corrected chi connectivity index (χ3v) is 2.19. The van der Waals surface area contributed by atoms with Crippen LogP contribution in [0.25, 0.3) is 0 Å². The van der Waals surface area contributed by atoms with Crippen LogP contribution in [0.1, 0.15) is 16.2 Å². The van der Waals surface area contributed by atoms with E-state index in [9.17, 15) is 14.9 Å². The highest BCUT2D eigenvalue weighted by atomic mass is 16.6. The van der Waals surface area contributed by atoms with Crippen molar-refractivity contribution in [3.63, 3.8) is 0 Å². The maximum absolute atomic E-state index is 10.8. The van der Waals surface area contributed by atoms with Crippen molar-refractivity contribution in [2.75, 3.05) is 0 Å². The van der Waals surface area contributed by atoms with Crippen LogP contribution >= 0.6 is 0 Å². The van der Waals surface area contributed by atoms with Crippen LogP contribution in [0.3, 0.4) is 0 Å². The van der Waals surface area contributed by atoms with Gasteiger partial charge in [-0.2, -0.15) is 0 Å². The smallest absolute Gasteiger partial charge is 0.354 e. The van der Waals surface area contributed by atoms with Crippen LogP contribution in [0, 0.1) is 10.1 Å². The number of nitro groups is 1. The van der Waals surface area contributed by atoms with E-state index in [4.69, 9.17) is 14.3 Å². The number of ether oxygens (including phenoxy) is 1. The van der Waals surface area contributed by atoms with Crippen LogP contribution in [0.15, 0.2) is 34.9 Å². The van der Waals surface area contributed by atoms with Gasteiger partial charge in [0.05, 0.1) is 11.2 Å². The van der Waals surface area contributed by atoms with Gasteiger partial charge in [0.25, 0.3) is 5.88 Å². The SMILES string of the molecule is O=C(O)c1ccc([N+](=O)[O-])c(OCc2ccco2)n1. The van der Waals surface area contributed by atoms with Crippen molar-refractivity contribution in [2.45, 2.75) is 6.61 Å². The van der Waals surface area contributed by atoms with Crippen molar-refractivity contribution in [2.24, 2.45) is 0 Å². The summed E-state index contributed by atoms with van der Waals surface area (Å²) >= 11 is 0. The third-order valence-electron chi connectivity index (χ3n) is 2.19. The molecule has 2 heterocycles. The van der Waals surface area contributed by atoms with Gasteiger partial charge in [-0.3, -0.25) is 10.1 Å². The molecule has 0 aromatic carbocycles. The summed E-state index contributed by atoms with van der Waals surface area (Å²) in [6, 6.07) is 5.33. The topological polar surface area (TPSA) is 116 Å². The second-order valence-electron chi connectivity index (χ2n) is 3.45. The number of pyridine rings is 1. The summed E-state index contributed by atoms with van der Waals surface area (Å²) in [5.41, 5.74) is -0.739. The fourth-order valence-electron chi connectivity index (χ4n) is 1.33. The fraction of sp³-hybridized carbons (Fsp3) is 0.0909. The van der Waals surface area contributed by atoms with E-state index in [0.717, 1.165) is 12.1 Å². The van der Waals surface area contributed by atoms with Gasteiger partial charge in [-0.1, -0.05) is 0 Å². The molecule has 0 saturated heterocycles. The molecule has 8 heteroatoms. The Morgan fingerprint density at radius 2 is 2.26 bits per heavy atom. The van der Waals surface area contributed by atoms with E-state index < -0.39 is 16.6 Å². The normalized spacial score (nSPS) is 10.1. The molecule has 0 aliphatic rings. The number of aromatic carboxylic acids is 1. The molecule has 2 aromatic rings. The lowest BCUT2D eigenvalue weighted by molar-refractivity contribution is -0.386. The molecule has 98 valence electrons. The van der Waals surface area contributed by atoms with Crippen molar-refractivity contribution in [3.05, 3.63) is 52.1 Å². The van der Waals surface area contributed by atoms with Crippen LogP contribution in [-0.2, 0) is 6.61 Å². The van der Waals surface area contributed by atoms with Gasteiger partial charge in [-0.05, 0) is 18.2 Å². The van der Waals surface area contributed by atoms with Crippen LogP contribution < -0.4 is 4.74 Å². The Kier molecular flexibility index (Phi) is 3.42. The number of hydrogen-bond acceptors (Lipinski definition) is 6. The molecule has 2 aromatic heterocycles. The minimum absolute atomic E-state index is 0.0795. The van der Waals surface area contributed by atoms with Gasteiger partial charge in [-0.25, -0.2) is 9.78 Å². The molecule has 0 atom stereocenters. The van der Waals surface area contributed by atoms with E-state index >= 15 is 0 Å². The predicted molar refractivity (Wildman–Crippen MR) is 60.9 cm³/mol. The zero-order chi connectivity index (χ0) is 13.8. The lowest BCUT2D eigenvalue weighted by Gasteiger charge is -2.04. The first kappa shape index (κ1) is 12.6. The molecular formula is C11H8N2O6. The quantitative estimate of drug-likeness (QED) is 0.647. The van der Waals surface area contributed by atoms with Gasteiger partial charge in [0, 0.05) is 6.07 Å². The highest BCUT2D eigenvalue weighted by Crippen LogP contribution is 2.25. The lowest BCUT2D eigenvalue weighted by atomic mass is 10.3. The van der Waals surface area contributed by atoms with Crippen LogP contribution in [0.2, 0.25) is 0 Å². The highest BCUT2D eigenvalue weighted by molar-refractivity contribution is 5.85. The maximum atomic E-state index is 10.8. The third kappa shape index (κ3) is 2.86. The molecule has 0 aliphatic heterocycles. The standard InChI is InChI=1S/C11H8N2O6/c14-11(15)8-3-4-9(13(16)17)10(12-8)19-6-7-2-1-5-18-7/h1-5H,6H2,(H,14,15). The highest BCUT2D eigenvalue weighted by Gasteiger charge is 2.20. The van der Waals surface area contributed by atoms with Crippen LogP contribution in [-0.4, -0.2) is 21.0 Å². The fourth-order valence-corrected chi connectivity index (χ4v) is 1.33. The Labute approximate surface area is 106 Å². The minimum Gasteiger partial charge on any atom is -0.477 e. The second kappa shape index (κ2) is 5.17. The van der Waals surface area contributed by atoms with Gasteiger partial charge in [0.1, 0.15) is 12.4 Å². The van der Waals surface area contributed by atoms with Gasteiger partial charge < -0.3 is 14.3 Å². The summed E-state index contributed by atoms with van der Waals surface area (Å²) in [5, 5.41) is 19.6. The molecule has 2 rings (SSSR count). The molecule has 0 spiro atoms. The van der Waals surface area contributed by atoms with E-state index in [1.807, 2.05) is 0 Å². The summed E-state index contributed by atoms with van der Waals surface area (Å²) in [5.74, 6) is -1.21. The number of carboxylic acids is 1. The van der Waals surface area contributed by atoms with Crippen molar-refractivity contribution < 1.29 is 24.0 Å². The average Bonchev–Trinajstić information content (AvgIpc) is 2.88. The molecular weight excluding hydrogens is 256 g/mol. The van der Waals surface area contributed by atoms with Gasteiger partial charge >= 0.3 is 11.7 Å². The predicted octanol–water partition coefficient (Wildman–Crippen LogP) is 1.86. The summed E-state index contributed by atoms with van der Waals surface area (Å²) in [4.78, 5) is 24.4. The Hall–Kier alpha value is -2.90. The van der Waals surface area contributed by atoms with E-state index in [1.54, 1.807) is 12.1 Å². The molecule has 0 unspecified atom stereocenters. The molecule has 8 nitrogen and oxygen atoms in total. The first-order valence-electron chi connectivity index (χ1n) is 5.12. The molecule has 0 amide bonds. The van der Waals surface area contributed by atoms with Gasteiger partial charge in [0.2, 0.25) is 0 Å². The lowest BCUT2D eigenvalue weighted by Crippen LogP contribution is -2.06. The molecule has 19 heavy (non-hydrogen) atoms. The molecule has 0 radical (unpaired) electrons. The number of nitrogens with zero attached hydrogens (tertiary/aromatic N) is 2. The maximum Gasteiger partial charge on any atom is 0.354 e. The molecule has 0 bridgehead atoms. The van der Waals surface area contributed by atoms with E-state index in [-0.39, 0.29) is 18.2 Å². The number of aromatic nitrogens is 1. The van der Waals surface area contributed by atoms with Crippen molar-refractivity contribution >= 4 is 11.7 Å². The van der Waals surface area contributed by atoms with E-state index in [0.29, 0.717) is 5.76 Å². The Bertz CT molecular complexity index is 608. The molecule has 1 N–H and O–H groups in total. The van der Waals surface area contributed by atoms with Gasteiger partial charge in [0.15, 0.2) is 5.69 Å². The average molecular weight is 264 g/mol. The second-order valence-corrected chi connectivity index (χ2v) is 3.45. The molecule has 0 aliphatic carbocycles. The Morgan fingerprint density at radius 1 is 1.47 bits per heavy atom. The molecule has 0 saturated carbocycles. The monoisotopic (exact) mass is 264 g/mol. The van der Waals surface area contributed by atoms with E-state index in [1.165, 1.54) is 6.26 Å². The summed E-state index contributed by atoms with van der Waals surface area (Å²) < 4.78 is 10.1. The number of furan rings is 1. The zero-order valence-corrected chi connectivity index (χ0v) is 9.48. The largest absolute Gasteiger partial charge is 0.477 e.